The average Bonchev–Trinajstić information content (AvgIpc) is 2.75. The van der Waals surface area contributed by atoms with E-state index in [-0.39, 0.29) is 13.2 Å². The standard InChI is InChI=1S/C19H28O10/c1-26-14-7-11(3-2-6-20)4-5-13(14)28-12(8-21)10-27-19-18(25)17(24)16(23)15(9-22)29-19/h2-5,7,12,15-25H,6,8-10H2,1H3/b3-2+/t12-,15-,16-,17+,18-,19-/m1/s1. The van der Waals surface area contributed by atoms with E-state index in [9.17, 15) is 25.5 Å². The van der Waals surface area contributed by atoms with Gasteiger partial charge in [0.1, 0.15) is 30.5 Å². The predicted octanol–water partition coefficient (Wildman–Crippen LogP) is -1.74. The molecule has 10 heteroatoms. The van der Waals surface area contributed by atoms with Gasteiger partial charge in [0.25, 0.3) is 0 Å². The van der Waals surface area contributed by atoms with Crippen molar-refractivity contribution in [3.63, 3.8) is 0 Å². The maximum Gasteiger partial charge on any atom is 0.186 e. The molecule has 1 aliphatic heterocycles. The van der Waals surface area contributed by atoms with Crippen molar-refractivity contribution in [2.75, 3.05) is 33.5 Å². The monoisotopic (exact) mass is 416 g/mol. The zero-order valence-corrected chi connectivity index (χ0v) is 16.0. The second-order valence-electron chi connectivity index (χ2n) is 6.45. The molecule has 0 radical (unpaired) electrons. The molecule has 0 saturated carbocycles. The smallest absolute Gasteiger partial charge is 0.186 e. The Kier molecular flexibility index (Phi) is 9.27. The van der Waals surface area contributed by atoms with Crippen LogP contribution in [0, 0.1) is 0 Å². The first-order valence-corrected chi connectivity index (χ1v) is 9.10. The lowest BCUT2D eigenvalue weighted by Gasteiger charge is -2.39. The van der Waals surface area contributed by atoms with Crippen LogP contribution >= 0.6 is 0 Å². The van der Waals surface area contributed by atoms with Crippen LogP contribution in [0.4, 0.5) is 0 Å². The van der Waals surface area contributed by atoms with Gasteiger partial charge in [-0.1, -0.05) is 18.2 Å². The number of aliphatic hydroxyl groups is 6. The fourth-order valence-corrected chi connectivity index (χ4v) is 2.78. The molecule has 1 fully saturated rings. The van der Waals surface area contributed by atoms with Crippen molar-refractivity contribution in [3.05, 3.63) is 29.8 Å². The van der Waals surface area contributed by atoms with Gasteiger partial charge >= 0.3 is 0 Å². The third-order valence-corrected chi connectivity index (χ3v) is 4.40. The van der Waals surface area contributed by atoms with E-state index in [4.69, 9.17) is 24.1 Å². The summed E-state index contributed by atoms with van der Waals surface area (Å²) in [7, 11) is 1.46. The number of methoxy groups -OCH3 is 1. The van der Waals surface area contributed by atoms with Crippen molar-refractivity contribution in [3.8, 4) is 11.5 Å². The summed E-state index contributed by atoms with van der Waals surface area (Å²) in [6, 6.07) is 5.05. The lowest BCUT2D eigenvalue weighted by Crippen LogP contribution is -2.59. The highest BCUT2D eigenvalue weighted by Crippen LogP contribution is 2.30. The molecule has 6 atom stereocenters. The maximum atomic E-state index is 9.99. The average molecular weight is 416 g/mol. The van der Waals surface area contributed by atoms with Crippen molar-refractivity contribution in [2.45, 2.75) is 36.8 Å². The Hall–Kier alpha value is -1.76. The molecule has 1 saturated heterocycles. The molecule has 1 aromatic carbocycles. The SMILES string of the molecule is COc1cc(/C=C/CO)ccc1O[C@H](CO)CO[C@@H]1O[C@H](CO)[C@@H](O)[C@H](O)[C@H]1O. The molecule has 6 N–H and O–H groups in total. The van der Waals surface area contributed by atoms with E-state index in [1.807, 2.05) is 0 Å². The summed E-state index contributed by atoms with van der Waals surface area (Å²) in [5, 5.41) is 57.2. The summed E-state index contributed by atoms with van der Waals surface area (Å²) < 4.78 is 21.6. The van der Waals surface area contributed by atoms with Gasteiger partial charge in [-0.05, 0) is 17.7 Å². The Bertz CT molecular complexity index is 650. The quantitative estimate of drug-likeness (QED) is 0.258. The van der Waals surface area contributed by atoms with E-state index in [1.54, 1.807) is 30.4 Å². The van der Waals surface area contributed by atoms with Crippen LogP contribution in [-0.2, 0) is 9.47 Å². The first-order valence-electron chi connectivity index (χ1n) is 9.10. The van der Waals surface area contributed by atoms with Crippen molar-refractivity contribution in [1.29, 1.82) is 0 Å². The highest BCUT2D eigenvalue weighted by Gasteiger charge is 2.44. The number of ether oxygens (including phenoxy) is 4. The molecule has 0 unspecified atom stereocenters. The van der Waals surface area contributed by atoms with Crippen LogP contribution in [0.5, 0.6) is 11.5 Å². The Balaban J connectivity index is 2.01. The van der Waals surface area contributed by atoms with E-state index in [2.05, 4.69) is 0 Å². The number of hydrogen-bond donors (Lipinski definition) is 6. The number of rotatable bonds is 10. The predicted molar refractivity (Wildman–Crippen MR) is 100 cm³/mol. The third-order valence-electron chi connectivity index (χ3n) is 4.40. The van der Waals surface area contributed by atoms with Crippen LogP contribution in [0.25, 0.3) is 6.08 Å². The van der Waals surface area contributed by atoms with Crippen molar-refractivity contribution in [2.24, 2.45) is 0 Å². The molecule has 1 aliphatic rings. The summed E-state index contributed by atoms with van der Waals surface area (Å²) in [5.41, 5.74) is 0.779. The third kappa shape index (κ3) is 6.11. The van der Waals surface area contributed by atoms with Gasteiger partial charge in [-0.3, -0.25) is 0 Å². The van der Waals surface area contributed by atoms with E-state index in [0.29, 0.717) is 11.5 Å². The minimum atomic E-state index is -1.56. The van der Waals surface area contributed by atoms with E-state index in [1.165, 1.54) is 7.11 Å². The summed E-state index contributed by atoms with van der Waals surface area (Å²) in [4.78, 5) is 0. The number of aliphatic hydroxyl groups excluding tert-OH is 6. The first-order chi connectivity index (χ1) is 13.9. The van der Waals surface area contributed by atoms with Crippen LogP contribution in [0.15, 0.2) is 24.3 Å². The van der Waals surface area contributed by atoms with Crippen LogP contribution in [0.2, 0.25) is 0 Å². The topological polar surface area (TPSA) is 158 Å². The second-order valence-corrected chi connectivity index (χ2v) is 6.45. The highest BCUT2D eigenvalue weighted by molar-refractivity contribution is 5.55. The van der Waals surface area contributed by atoms with Gasteiger partial charge in [-0.15, -0.1) is 0 Å². The molecule has 0 aromatic heterocycles. The summed E-state index contributed by atoms with van der Waals surface area (Å²) in [6.45, 7) is -1.30. The lowest BCUT2D eigenvalue weighted by atomic mass is 9.99. The van der Waals surface area contributed by atoms with Gasteiger partial charge in [0, 0.05) is 0 Å². The molecule has 0 bridgehead atoms. The molecule has 0 aliphatic carbocycles. The number of hydrogen-bond acceptors (Lipinski definition) is 10. The van der Waals surface area contributed by atoms with Gasteiger partial charge < -0.3 is 49.6 Å². The van der Waals surface area contributed by atoms with Gasteiger partial charge in [-0.2, -0.15) is 0 Å². The van der Waals surface area contributed by atoms with Gasteiger partial charge in [-0.25, -0.2) is 0 Å². The molecule has 0 amide bonds. The normalized spacial score (nSPS) is 28.4. The van der Waals surface area contributed by atoms with Crippen LogP contribution in [0.3, 0.4) is 0 Å². The Morgan fingerprint density at radius 3 is 2.45 bits per heavy atom. The van der Waals surface area contributed by atoms with Crippen molar-refractivity contribution < 1.29 is 49.6 Å². The highest BCUT2D eigenvalue weighted by atomic mass is 16.7. The summed E-state index contributed by atoms with van der Waals surface area (Å²) in [5.74, 6) is 0.737. The van der Waals surface area contributed by atoms with E-state index < -0.39 is 50.0 Å². The molecule has 0 spiro atoms. The Morgan fingerprint density at radius 2 is 1.83 bits per heavy atom. The minimum absolute atomic E-state index is 0.0948. The Labute approximate surface area is 168 Å². The fourth-order valence-electron chi connectivity index (χ4n) is 2.78. The van der Waals surface area contributed by atoms with Crippen LogP contribution < -0.4 is 9.47 Å². The van der Waals surface area contributed by atoms with E-state index in [0.717, 1.165) is 5.56 Å². The molecule has 1 aromatic rings. The molecular formula is C19H28O10. The fraction of sp³-hybridized carbons (Fsp3) is 0.579. The van der Waals surface area contributed by atoms with Crippen LogP contribution in [0.1, 0.15) is 5.56 Å². The molecule has 164 valence electrons. The maximum absolute atomic E-state index is 9.99. The van der Waals surface area contributed by atoms with Crippen LogP contribution in [-0.4, -0.2) is 101 Å². The minimum Gasteiger partial charge on any atom is -0.493 e. The zero-order chi connectivity index (χ0) is 21.4. The lowest BCUT2D eigenvalue weighted by molar-refractivity contribution is -0.304. The summed E-state index contributed by atoms with van der Waals surface area (Å²) in [6.07, 6.45) is -4.57. The first kappa shape index (κ1) is 23.5. The van der Waals surface area contributed by atoms with Crippen molar-refractivity contribution in [1.82, 2.24) is 0 Å². The molecular weight excluding hydrogens is 388 g/mol. The molecule has 2 rings (SSSR count). The van der Waals surface area contributed by atoms with Gasteiger partial charge in [0.15, 0.2) is 17.8 Å². The van der Waals surface area contributed by atoms with Gasteiger partial charge in [0.05, 0.1) is 33.5 Å². The van der Waals surface area contributed by atoms with Gasteiger partial charge in [0.2, 0.25) is 0 Å². The second kappa shape index (κ2) is 11.4. The molecule has 29 heavy (non-hydrogen) atoms. The Morgan fingerprint density at radius 1 is 1.07 bits per heavy atom. The van der Waals surface area contributed by atoms with Crippen molar-refractivity contribution >= 4 is 6.08 Å². The van der Waals surface area contributed by atoms with E-state index >= 15 is 0 Å². The largest absolute Gasteiger partial charge is 0.493 e. The zero-order valence-electron chi connectivity index (χ0n) is 16.0. The molecule has 10 nitrogen and oxygen atoms in total. The molecule has 1 heterocycles. The summed E-state index contributed by atoms with van der Waals surface area (Å²) >= 11 is 0. The number of benzene rings is 1.